The number of rotatable bonds is 4. The fourth-order valence-corrected chi connectivity index (χ4v) is 2.43. The summed E-state index contributed by atoms with van der Waals surface area (Å²) in [6.07, 6.45) is 4.39. The molecular formula is C20H13N3O4. The molecule has 0 aliphatic heterocycles. The number of esters is 1. The monoisotopic (exact) mass is 359 g/mol. The summed E-state index contributed by atoms with van der Waals surface area (Å²) in [5.74, 6) is 0.508. The quantitative estimate of drug-likeness (QED) is 0.411. The van der Waals surface area contributed by atoms with E-state index < -0.39 is 11.5 Å². The maximum atomic E-state index is 12.4. The average molecular weight is 359 g/mol. The van der Waals surface area contributed by atoms with Gasteiger partial charge in [-0.05, 0) is 42.5 Å². The van der Waals surface area contributed by atoms with Gasteiger partial charge in [0.05, 0.1) is 0 Å². The van der Waals surface area contributed by atoms with E-state index in [4.69, 9.17) is 9.47 Å². The number of ether oxygens (including phenoxy) is 2. The molecule has 1 aromatic carbocycles. The third-order valence-corrected chi connectivity index (χ3v) is 3.73. The van der Waals surface area contributed by atoms with E-state index in [0.29, 0.717) is 17.3 Å². The van der Waals surface area contributed by atoms with Crippen molar-refractivity contribution in [2.75, 3.05) is 0 Å². The fraction of sp³-hybridized carbons (Fsp3) is 0. The molecule has 3 heterocycles. The zero-order chi connectivity index (χ0) is 18.6. The van der Waals surface area contributed by atoms with Crippen LogP contribution in [0.2, 0.25) is 0 Å². The Bertz CT molecular complexity index is 1160. The molecule has 0 bridgehead atoms. The SMILES string of the molecule is O=C(Oc1ccc(Oc2ccccn2)cc1)c1cnc2ccccn2c1=O. The minimum absolute atomic E-state index is 0.146. The number of nitrogens with zero attached hydrogens (tertiary/aromatic N) is 3. The molecule has 4 aromatic rings. The lowest BCUT2D eigenvalue weighted by Gasteiger charge is -2.07. The third kappa shape index (κ3) is 3.52. The van der Waals surface area contributed by atoms with E-state index in [2.05, 4.69) is 9.97 Å². The molecule has 7 heteroatoms. The van der Waals surface area contributed by atoms with E-state index in [-0.39, 0.29) is 11.3 Å². The van der Waals surface area contributed by atoms with Crippen molar-refractivity contribution in [3.63, 3.8) is 0 Å². The number of carbonyl (C=O) groups excluding carboxylic acids is 1. The summed E-state index contributed by atoms with van der Waals surface area (Å²) >= 11 is 0. The van der Waals surface area contributed by atoms with Crippen LogP contribution in [0, 0.1) is 0 Å². The molecule has 0 atom stereocenters. The Kier molecular flexibility index (Phi) is 4.32. The molecule has 0 spiro atoms. The van der Waals surface area contributed by atoms with Crippen LogP contribution in [0.5, 0.6) is 17.4 Å². The van der Waals surface area contributed by atoms with E-state index in [9.17, 15) is 9.59 Å². The average Bonchev–Trinajstić information content (AvgIpc) is 2.71. The normalized spacial score (nSPS) is 10.5. The highest BCUT2D eigenvalue weighted by molar-refractivity contribution is 5.90. The molecule has 0 unspecified atom stereocenters. The molecule has 0 N–H and O–H groups in total. The van der Waals surface area contributed by atoms with Gasteiger partial charge in [0.25, 0.3) is 5.56 Å². The molecule has 0 saturated heterocycles. The van der Waals surface area contributed by atoms with E-state index in [0.717, 1.165) is 0 Å². The number of pyridine rings is 2. The Morgan fingerprint density at radius 2 is 1.67 bits per heavy atom. The van der Waals surface area contributed by atoms with E-state index in [1.807, 2.05) is 6.07 Å². The summed E-state index contributed by atoms with van der Waals surface area (Å²) in [6, 6.07) is 16.9. The van der Waals surface area contributed by atoms with E-state index in [1.54, 1.807) is 67.0 Å². The van der Waals surface area contributed by atoms with Crippen LogP contribution in [0.25, 0.3) is 5.65 Å². The number of aromatic nitrogens is 3. The lowest BCUT2D eigenvalue weighted by atomic mass is 10.3. The van der Waals surface area contributed by atoms with Crippen molar-refractivity contribution in [3.05, 3.63) is 95.2 Å². The molecule has 4 rings (SSSR count). The van der Waals surface area contributed by atoms with E-state index >= 15 is 0 Å². The first-order valence-electron chi connectivity index (χ1n) is 8.08. The first-order chi connectivity index (χ1) is 13.2. The Labute approximate surface area is 153 Å². The highest BCUT2D eigenvalue weighted by atomic mass is 16.5. The highest BCUT2D eigenvalue weighted by Gasteiger charge is 2.15. The predicted octanol–water partition coefficient (Wildman–Crippen LogP) is 3.10. The summed E-state index contributed by atoms with van der Waals surface area (Å²) in [5.41, 5.74) is -0.178. The zero-order valence-corrected chi connectivity index (χ0v) is 14.0. The maximum absolute atomic E-state index is 12.4. The molecule has 0 saturated carbocycles. The second-order valence-electron chi connectivity index (χ2n) is 5.54. The molecule has 27 heavy (non-hydrogen) atoms. The van der Waals surface area contributed by atoms with Crippen LogP contribution in [0.4, 0.5) is 0 Å². The first kappa shape index (κ1) is 16.5. The number of fused-ring (bicyclic) bond motifs is 1. The molecule has 7 nitrogen and oxygen atoms in total. The number of carbonyl (C=O) groups is 1. The van der Waals surface area contributed by atoms with Gasteiger partial charge >= 0.3 is 5.97 Å². The van der Waals surface area contributed by atoms with Gasteiger partial charge in [0, 0.05) is 24.7 Å². The van der Waals surface area contributed by atoms with Crippen LogP contribution in [0.3, 0.4) is 0 Å². The van der Waals surface area contributed by atoms with Crippen molar-refractivity contribution in [1.82, 2.24) is 14.4 Å². The standard InChI is InChI=1S/C20H13N3O4/c24-19-16(13-22-17-5-2-4-12-23(17)19)20(25)27-15-9-7-14(8-10-15)26-18-6-1-3-11-21-18/h1-13H. The van der Waals surface area contributed by atoms with Crippen molar-refractivity contribution >= 4 is 11.6 Å². The Morgan fingerprint density at radius 3 is 2.44 bits per heavy atom. The first-order valence-corrected chi connectivity index (χ1v) is 8.08. The molecule has 0 aliphatic carbocycles. The van der Waals surface area contributed by atoms with Gasteiger partial charge in [-0.25, -0.2) is 14.8 Å². The van der Waals surface area contributed by atoms with Crippen LogP contribution in [-0.4, -0.2) is 20.3 Å². The van der Waals surface area contributed by atoms with E-state index in [1.165, 1.54) is 10.6 Å². The van der Waals surface area contributed by atoms with Crippen molar-refractivity contribution in [2.45, 2.75) is 0 Å². The lowest BCUT2D eigenvalue weighted by Crippen LogP contribution is -2.25. The summed E-state index contributed by atoms with van der Waals surface area (Å²) in [7, 11) is 0. The summed E-state index contributed by atoms with van der Waals surface area (Å²) in [6.45, 7) is 0. The summed E-state index contributed by atoms with van der Waals surface area (Å²) < 4.78 is 12.1. The summed E-state index contributed by atoms with van der Waals surface area (Å²) in [4.78, 5) is 32.9. The molecular weight excluding hydrogens is 346 g/mol. The third-order valence-electron chi connectivity index (χ3n) is 3.73. The molecule has 3 aromatic heterocycles. The van der Waals surface area contributed by atoms with Gasteiger partial charge < -0.3 is 9.47 Å². The van der Waals surface area contributed by atoms with Crippen molar-refractivity contribution in [3.8, 4) is 17.4 Å². The topological polar surface area (TPSA) is 82.8 Å². The molecule has 0 fully saturated rings. The van der Waals surface area contributed by atoms with Gasteiger partial charge in [0.2, 0.25) is 5.88 Å². The van der Waals surface area contributed by atoms with Crippen LogP contribution < -0.4 is 15.0 Å². The highest BCUT2D eigenvalue weighted by Crippen LogP contribution is 2.22. The minimum Gasteiger partial charge on any atom is -0.439 e. The number of hydrogen-bond acceptors (Lipinski definition) is 6. The fourth-order valence-electron chi connectivity index (χ4n) is 2.43. The molecule has 0 aliphatic rings. The van der Waals surface area contributed by atoms with Crippen molar-refractivity contribution < 1.29 is 14.3 Å². The van der Waals surface area contributed by atoms with Crippen LogP contribution in [0.1, 0.15) is 10.4 Å². The van der Waals surface area contributed by atoms with Gasteiger partial charge in [-0.15, -0.1) is 0 Å². The Hall–Kier alpha value is -4.00. The summed E-state index contributed by atoms with van der Waals surface area (Å²) in [5, 5.41) is 0. The second kappa shape index (κ2) is 7.09. The predicted molar refractivity (Wildman–Crippen MR) is 97.2 cm³/mol. The van der Waals surface area contributed by atoms with Crippen LogP contribution >= 0.6 is 0 Å². The largest absolute Gasteiger partial charge is 0.439 e. The number of benzene rings is 1. The zero-order valence-electron chi connectivity index (χ0n) is 14.0. The maximum Gasteiger partial charge on any atom is 0.350 e. The molecule has 0 radical (unpaired) electrons. The van der Waals surface area contributed by atoms with Gasteiger partial charge in [-0.1, -0.05) is 12.1 Å². The lowest BCUT2D eigenvalue weighted by molar-refractivity contribution is 0.0732. The Morgan fingerprint density at radius 1 is 0.889 bits per heavy atom. The van der Waals surface area contributed by atoms with Crippen molar-refractivity contribution in [1.29, 1.82) is 0 Å². The minimum atomic E-state index is -0.774. The van der Waals surface area contributed by atoms with Crippen LogP contribution in [0.15, 0.2) is 84.0 Å². The van der Waals surface area contributed by atoms with Crippen molar-refractivity contribution in [2.24, 2.45) is 0 Å². The van der Waals surface area contributed by atoms with Gasteiger partial charge in [-0.3, -0.25) is 9.20 Å². The Balaban J connectivity index is 1.51. The molecule has 132 valence electrons. The van der Waals surface area contributed by atoms with Gasteiger partial charge in [-0.2, -0.15) is 0 Å². The van der Waals surface area contributed by atoms with Crippen LogP contribution in [-0.2, 0) is 0 Å². The van der Waals surface area contributed by atoms with Gasteiger partial charge in [0.15, 0.2) is 0 Å². The smallest absolute Gasteiger partial charge is 0.350 e. The van der Waals surface area contributed by atoms with Gasteiger partial charge in [0.1, 0.15) is 22.7 Å². The number of hydrogen-bond donors (Lipinski definition) is 0. The second-order valence-corrected chi connectivity index (χ2v) is 5.54. The molecule has 0 amide bonds.